The smallest absolute Gasteiger partial charge is 0.131 e. The summed E-state index contributed by atoms with van der Waals surface area (Å²) in [5, 5.41) is 0. The van der Waals surface area contributed by atoms with Crippen molar-refractivity contribution in [1.29, 1.82) is 0 Å². The first-order chi connectivity index (χ1) is 9.04. The number of nitrogens with zero attached hydrogens (tertiary/aromatic N) is 2. The van der Waals surface area contributed by atoms with E-state index in [9.17, 15) is 0 Å². The molecule has 3 nitrogen and oxygen atoms in total. The molecule has 0 fully saturated rings. The zero-order valence-electron chi connectivity index (χ0n) is 12.1. The van der Waals surface area contributed by atoms with Crippen LogP contribution in [0.4, 0.5) is 5.82 Å². The molecule has 0 aliphatic carbocycles. The van der Waals surface area contributed by atoms with Crippen LogP contribution in [0.3, 0.4) is 0 Å². The number of aryl methyl sites for hydroxylation is 2. The monoisotopic (exact) mass is 255 g/mol. The first kappa shape index (κ1) is 13.5. The van der Waals surface area contributed by atoms with E-state index >= 15 is 0 Å². The molecule has 0 bridgehead atoms. The molecule has 1 aromatic carbocycles. The molecule has 0 unspecified atom stereocenters. The van der Waals surface area contributed by atoms with E-state index in [1.54, 1.807) is 0 Å². The molecule has 0 saturated carbocycles. The molecule has 100 valence electrons. The van der Waals surface area contributed by atoms with Gasteiger partial charge in [0.15, 0.2) is 0 Å². The third kappa shape index (κ3) is 2.60. The zero-order chi connectivity index (χ0) is 14.0. The van der Waals surface area contributed by atoms with Gasteiger partial charge in [-0.05, 0) is 38.3 Å². The molecule has 3 heteroatoms. The fourth-order valence-corrected chi connectivity index (χ4v) is 2.19. The summed E-state index contributed by atoms with van der Waals surface area (Å²) in [6.07, 6.45) is 1.89. The molecule has 0 saturated heterocycles. The summed E-state index contributed by atoms with van der Waals surface area (Å²) in [6.45, 7) is 8.35. The van der Waals surface area contributed by atoms with Crippen LogP contribution < -0.4 is 5.73 Å². The Morgan fingerprint density at radius 3 is 2.47 bits per heavy atom. The first-order valence-electron chi connectivity index (χ1n) is 6.74. The van der Waals surface area contributed by atoms with Gasteiger partial charge in [-0.1, -0.05) is 25.1 Å². The largest absolute Gasteiger partial charge is 0.383 e. The second-order valence-electron chi connectivity index (χ2n) is 5.00. The maximum Gasteiger partial charge on any atom is 0.131 e. The molecule has 0 atom stereocenters. The molecule has 1 aromatic heterocycles. The molecule has 2 N–H and O–H groups in total. The van der Waals surface area contributed by atoms with Crippen LogP contribution in [-0.2, 0) is 6.42 Å². The minimum absolute atomic E-state index is 0.592. The van der Waals surface area contributed by atoms with E-state index in [-0.39, 0.29) is 0 Å². The number of anilines is 1. The number of nitrogen functional groups attached to an aromatic ring is 1. The fraction of sp³-hybridized carbons (Fsp3) is 0.375. The van der Waals surface area contributed by atoms with Crippen LogP contribution >= 0.6 is 0 Å². The SMILES string of the molecule is CCCc1nc(N)c(C)c(-c2cccc(C)c2C)n1. The molecule has 0 aliphatic heterocycles. The van der Waals surface area contributed by atoms with Gasteiger partial charge in [0.05, 0.1) is 5.69 Å². The van der Waals surface area contributed by atoms with Crippen molar-refractivity contribution >= 4 is 5.82 Å². The lowest BCUT2D eigenvalue weighted by Gasteiger charge is -2.13. The highest BCUT2D eigenvalue weighted by Gasteiger charge is 2.12. The van der Waals surface area contributed by atoms with Gasteiger partial charge in [-0.15, -0.1) is 0 Å². The van der Waals surface area contributed by atoms with Crippen LogP contribution in [0.25, 0.3) is 11.3 Å². The minimum Gasteiger partial charge on any atom is -0.383 e. The van der Waals surface area contributed by atoms with Crippen LogP contribution in [0, 0.1) is 20.8 Å². The predicted octanol–water partition coefficient (Wildman–Crippen LogP) is 3.60. The Kier molecular flexibility index (Phi) is 3.84. The summed E-state index contributed by atoms with van der Waals surface area (Å²) in [4.78, 5) is 9.07. The van der Waals surface area contributed by atoms with E-state index < -0.39 is 0 Å². The highest BCUT2D eigenvalue weighted by molar-refractivity contribution is 5.71. The Hall–Kier alpha value is -1.90. The van der Waals surface area contributed by atoms with Crippen molar-refractivity contribution in [1.82, 2.24) is 9.97 Å². The van der Waals surface area contributed by atoms with Gasteiger partial charge in [0, 0.05) is 17.5 Å². The number of aromatic nitrogens is 2. The molecule has 1 heterocycles. The number of nitrogens with two attached hydrogens (primary N) is 1. The summed E-state index contributed by atoms with van der Waals surface area (Å²) >= 11 is 0. The molecule has 2 aromatic rings. The highest BCUT2D eigenvalue weighted by Crippen LogP contribution is 2.28. The topological polar surface area (TPSA) is 51.8 Å². The second-order valence-corrected chi connectivity index (χ2v) is 5.00. The van der Waals surface area contributed by atoms with Gasteiger partial charge in [0.1, 0.15) is 11.6 Å². The lowest BCUT2D eigenvalue weighted by molar-refractivity contribution is 0.836. The van der Waals surface area contributed by atoms with E-state index in [0.717, 1.165) is 35.5 Å². The Labute approximate surface area is 114 Å². The second kappa shape index (κ2) is 5.39. The lowest BCUT2D eigenvalue weighted by atomic mass is 9.98. The summed E-state index contributed by atoms with van der Waals surface area (Å²) in [5.41, 5.74) is 11.6. The van der Waals surface area contributed by atoms with Crippen molar-refractivity contribution in [2.75, 3.05) is 5.73 Å². The standard InChI is InChI=1S/C16H21N3/c1-5-7-14-18-15(12(4)16(17)19-14)13-9-6-8-10(2)11(13)3/h6,8-9H,5,7H2,1-4H3,(H2,17,18,19). The van der Waals surface area contributed by atoms with E-state index in [1.165, 1.54) is 11.1 Å². The Balaban J connectivity index is 2.64. The fourth-order valence-electron chi connectivity index (χ4n) is 2.19. The molecule has 0 radical (unpaired) electrons. The molecule has 0 aliphatic rings. The van der Waals surface area contributed by atoms with Crippen molar-refractivity contribution in [3.05, 3.63) is 40.7 Å². The molecule has 0 spiro atoms. The third-order valence-corrected chi connectivity index (χ3v) is 3.56. The van der Waals surface area contributed by atoms with Gasteiger partial charge in [0.25, 0.3) is 0 Å². The van der Waals surface area contributed by atoms with Gasteiger partial charge >= 0.3 is 0 Å². The van der Waals surface area contributed by atoms with Crippen LogP contribution in [0.2, 0.25) is 0 Å². The van der Waals surface area contributed by atoms with E-state index in [0.29, 0.717) is 5.82 Å². The van der Waals surface area contributed by atoms with Crippen molar-refractivity contribution in [3.63, 3.8) is 0 Å². The first-order valence-corrected chi connectivity index (χ1v) is 6.74. The third-order valence-electron chi connectivity index (χ3n) is 3.56. The summed E-state index contributed by atoms with van der Waals surface area (Å²) in [6, 6.07) is 6.29. The predicted molar refractivity (Wildman–Crippen MR) is 80.1 cm³/mol. The molecule has 0 amide bonds. The number of benzene rings is 1. The normalized spacial score (nSPS) is 10.7. The zero-order valence-corrected chi connectivity index (χ0v) is 12.1. The lowest BCUT2D eigenvalue weighted by Crippen LogP contribution is -2.05. The van der Waals surface area contributed by atoms with Gasteiger partial charge in [0.2, 0.25) is 0 Å². The number of rotatable bonds is 3. The van der Waals surface area contributed by atoms with Gasteiger partial charge in [-0.2, -0.15) is 0 Å². The summed E-state index contributed by atoms with van der Waals surface area (Å²) < 4.78 is 0. The molecule has 19 heavy (non-hydrogen) atoms. The summed E-state index contributed by atoms with van der Waals surface area (Å²) in [7, 11) is 0. The highest BCUT2D eigenvalue weighted by atomic mass is 15.0. The van der Waals surface area contributed by atoms with Crippen LogP contribution in [0.1, 0.15) is 35.9 Å². The van der Waals surface area contributed by atoms with E-state index in [4.69, 9.17) is 10.7 Å². The molecular formula is C16H21N3. The maximum absolute atomic E-state index is 6.03. The Morgan fingerprint density at radius 2 is 1.79 bits per heavy atom. The minimum atomic E-state index is 0.592. The van der Waals surface area contributed by atoms with Gasteiger partial charge < -0.3 is 5.73 Å². The van der Waals surface area contributed by atoms with Crippen molar-refractivity contribution in [2.24, 2.45) is 0 Å². The van der Waals surface area contributed by atoms with Gasteiger partial charge in [-0.25, -0.2) is 9.97 Å². The molecular weight excluding hydrogens is 234 g/mol. The van der Waals surface area contributed by atoms with E-state index in [2.05, 4.69) is 44.0 Å². The maximum atomic E-state index is 6.03. The van der Waals surface area contributed by atoms with Gasteiger partial charge in [-0.3, -0.25) is 0 Å². The number of hydrogen-bond donors (Lipinski definition) is 1. The Morgan fingerprint density at radius 1 is 1.05 bits per heavy atom. The van der Waals surface area contributed by atoms with Crippen LogP contribution in [0.5, 0.6) is 0 Å². The molecule has 2 rings (SSSR count). The van der Waals surface area contributed by atoms with Crippen LogP contribution in [-0.4, -0.2) is 9.97 Å². The van der Waals surface area contributed by atoms with Crippen molar-refractivity contribution in [3.8, 4) is 11.3 Å². The average molecular weight is 255 g/mol. The van der Waals surface area contributed by atoms with Crippen molar-refractivity contribution in [2.45, 2.75) is 40.5 Å². The van der Waals surface area contributed by atoms with E-state index in [1.807, 2.05) is 6.92 Å². The summed E-state index contributed by atoms with van der Waals surface area (Å²) in [5.74, 6) is 1.43. The van der Waals surface area contributed by atoms with Crippen molar-refractivity contribution < 1.29 is 0 Å². The number of hydrogen-bond acceptors (Lipinski definition) is 3. The average Bonchev–Trinajstić information content (AvgIpc) is 2.37. The van der Waals surface area contributed by atoms with Crippen LogP contribution in [0.15, 0.2) is 18.2 Å². The quantitative estimate of drug-likeness (QED) is 0.911. The Bertz CT molecular complexity index is 603.